The topological polar surface area (TPSA) is 30.0 Å². The predicted molar refractivity (Wildman–Crippen MR) is 70.6 cm³/mol. The van der Waals surface area contributed by atoms with Crippen LogP contribution >= 0.6 is 23.1 Å². The molecule has 1 aromatic heterocycles. The van der Waals surface area contributed by atoms with Gasteiger partial charge in [-0.15, -0.1) is 11.3 Å². The van der Waals surface area contributed by atoms with Crippen molar-refractivity contribution in [2.45, 2.75) is 9.24 Å². The number of aromatic nitrogens is 1. The molecule has 1 aromatic carbocycles. The number of hydrogen-bond donors (Lipinski definition) is 0. The molecular formula is C11H11NOS3. The highest BCUT2D eigenvalue weighted by Gasteiger charge is 2.03. The van der Waals surface area contributed by atoms with Crippen molar-refractivity contribution in [2.24, 2.45) is 0 Å². The Balaban J connectivity index is 1.81. The molecule has 5 heteroatoms. The van der Waals surface area contributed by atoms with Gasteiger partial charge in [-0.05, 0) is 12.1 Å². The van der Waals surface area contributed by atoms with Crippen LogP contribution in [0.5, 0.6) is 0 Å². The molecule has 84 valence electrons. The summed E-state index contributed by atoms with van der Waals surface area (Å²) in [7, 11) is -0.889. The monoisotopic (exact) mass is 269 g/mol. The fourth-order valence-corrected chi connectivity index (χ4v) is 4.17. The standard InChI is InChI=1S/C11H11NOS3/c13-16(10-4-2-1-3-5-10)9-8-15-11-12-6-7-14-11/h1-7H,8-9H2/t16-/m1/s1. The molecule has 0 N–H and O–H groups in total. The Bertz CT molecular complexity index is 442. The zero-order chi connectivity index (χ0) is 11.2. The number of hydrogen-bond acceptors (Lipinski definition) is 4. The van der Waals surface area contributed by atoms with E-state index in [9.17, 15) is 4.21 Å². The summed E-state index contributed by atoms with van der Waals surface area (Å²) in [5.41, 5.74) is 0. The van der Waals surface area contributed by atoms with Gasteiger partial charge in [-0.3, -0.25) is 4.21 Å². The largest absolute Gasteiger partial charge is 0.254 e. The van der Waals surface area contributed by atoms with Crippen LogP contribution in [0.1, 0.15) is 0 Å². The average molecular weight is 269 g/mol. The molecule has 0 fully saturated rings. The van der Waals surface area contributed by atoms with Crippen molar-refractivity contribution < 1.29 is 4.21 Å². The second-order valence-corrected chi connectivity index (χ2v) is 6.82. The Morgan fingerprint density at radius 2 is 2.12 bits per heavy atom. The van der Waals surface area contributed by atoms with Crippen LogP contribution in [-0.2, 0) is 10.8 Å². The van der Waals surface area contributed by atoms with E-state index in [0.29, 0.717) is 5.75 Å². The van der Waals surface area contributed by atoms with Gasteiger partial charge in [-0.1, -0.05) is 30.0 Å². The molecule has 2 aromatic rings. The van der Waals surface area contributed by atoms with Crippen LogP contribution in [0.25, 0.3) is 0 Å². The molecule has 0 bridgehead atoms. The van der Waals surface area contributed by atoms with Crippen molar-refractivity contribution in [3.63, 3.8) is 0 Å². The molecule has 0 saturated heterocycles. The highest BCUT2D eigenvalue weighted by Crippen LogP contribution is 2.20. The molecule has 0 aliphatic rings. The number of thioether (sulfide) groups is 1. The summed E-state index contributed by atoms with van der Waals surface area (Å²) < 4.78 is 12.9. The van der Waals surface area contributed by atoms with Crippen molar-refractivity contribution >= 4 is 33.9 Å². The first-order chi connectivity index (χ1) is 7.86. The van der Waals surface area contributed by atoms with E-state index in [0.717, 1.165) is 15.0 Å². The number of rotatable bonds is 5. The van der Waals surface area contributed by atoms with Gasteiger partial charge in [-0.2, -0.15) is 0 Å². The van der Waals surface area contributed by atoms with E-state index in [2.05, 4.69) is 4.98 Å². The summed E-state index contributed by atoms with van der Waals surface area (Å²) in [4.78, 5) is 5.07. The SMILES string of the molecule is O=[S@](CCSc1nccs1)c1ccccc1. The highest BCUT2D eigenvalue weighted by molar-refractivity contribution is 8.01. The van der Waals surface area contributed by atoms with Crippen molar-refractivity contribution in [1.29, 1.82) is 0 Å². The second-order valence-electron chi connectivity index (χ2n) is 3.01. The Kier molecular flexibility index (Phi) is 4.56. The molecule has 0 aliphatic carbocycles. The van der Waals surface area contributed by atoms with Gasteiger partial charge in [0.05, 0.1) is 10.8 Å². The number of thiazole rings is 1. The van der Waals surface area contributed by atoms with Crippen LogP contribution < -0.4 is 0 Å². The molecule has 1 heterocycles. The molecule has 2 nitrogen and oxygen atoms in total. The summed E-state index contributed by atoms with van der Waals surface area (Å²) in [6.45, 7) is 0. The molecule has 0 saturated carbocycles. The van der Waals surface area contributed by atoms with E-state index in [1.165, 1.54) is 0 Å². The van der Waals surface area contributed by atoms with Crippen LogP contribution in [0.15, 0.2) is 51.1 Å². The maximum Gasteiger partial charge on any atom is 0.149 e. The van der Waals surface area contributed by atoms with Gasteiger partial charge in [0.15, 0.2) is 0 Å². The minimum atomic E-state index is -0.889. The third-order valence-electron chi connectivity index (χ3n) is 1.91. The average Bonchev–Trinajstić information content (AvgIpc) is 2.83. The lowest BCUT2D eigenvalue weighted by atomic mass is 10.4. The van der Waals surface area contributed by atoms with Gasteiger partial charge in [-0.25, -0.2) is 4.98 Å². The molecule has 0 radical (unpaired) electrons. The second kappa shape index (κ2) is 6.18. The molecule has 0 aliphatic heterocycles. The van der Waals surface area contributed by atoms with Gasteiger partial charge >= 0.3 is 0 Å². The molecule has 2 rings (SSSR count). The smallest absolute Gasteiger partial charge is 0.149 e. The van der Waals surface area contributed by atoms with E-state index in [1.807, 2.05) is 35.7 Å². The first kappa shape index (κ1) is 11.8. The maximum absolute atomic E-state index is 11.9. The minimum absolute atomic E-state index is 0.675. The van der Waals surface area contributed by atoms with Crippen LogP contribution in [0.4, 0.5) is 0 Å². The third-order valence-corrected chi connectivity index (χ3v) is 5.51. The minimum Gasteiger partial charge on any atom is -0.254 e. The number of benzene rings is 1. The van der Waals surface area contributed by atoms with E-state index in [1.54, 1.807) is 29.3 Å². The van der Waals surface area contributed by atoms with Crippen LogP contribution in [0.3, 0.4) is 0 Å². The van der Waals surface area contributed by atoms with Crippen LogP contribution in [0, 0.1) is 0 Å². The summed E-state index contributed by atoms with van der Waals surface area (Å²) in [6, 6.07) is 9.59. The first-order valence-electron chi connectivity index (χ1n) is 4.82. The Hall–Kier alpha value is -0.650. The lowest BCUT2D eigenvalue weighted by Gasteiger charge is -2.00. The maximum atomic E-state index is 11.9. The fraction of sp³-hybridized carbons (Fsp3) is 0.182. The Labute approximate surface area is 106 Å². The van der Waals surface area contributed by atoms with Crippen LogP contribution in [0.2, 0.25) is 0 Å². The van der Waals surface area contributed by atoms with Gasteiger partial charge in [0.2, 0.25) is 0 Å². The zero-order valence-corrected chi connectivity index (χ0v) is 11.0. The number of nitrogens with zero attached hydrogens (tertiary/aromatic N) is 1. The van der Waals surface area contributed by atoms with Crippen LogP contribution in [-0.4, -0.2) is 20.7 Å². The van der Waals surface area contributed by atoms with Crippen molar-refractivity contribution in [1.82, 2.24) is 4.98 Å². The van der Waals surface area contributed by atoms with E-state index in [-0.39, 0.29) is 0 Å². The lowest BCUT2D eigenvalue weighted by Crippen LogP contribution is -2.00. The van der Waals surface area contributed by atoms with Crippen molar-refractivity contribution in [3.8, 4) is 0 Å². The fourth-order valence-electron chi connectivity index (χ4n) is 1.18. The third kappa shape index (κ3) is 3.43. The van der Waals surface area contributed by atoms with E-state index in [4.69, 9.17) is 0 Å². The molecule has 16 heavy (non-hydrogen) atoms. The van der Waals surface area contributed by atoms with E-state index < -0.39 is 10.8 Å². The normalized spacial score (nSPS) is 12.5. The van der Waals surface area contributed by atoms with Gasteiger partial charge in [0.25, 0.3) is 0 Å². The zero-order valence-electron chi connectivity index (χ0n) is 8.54. The van der Waals surface area contributed by atoms with Gasteiger partial charge < -0.3 is 0 Å². The van der Waals surface area contributed by atoms with Crippen molar-refractivity contribution in [2.75, 3.05) is 11.5 Å². The first-order valence-corrected chi connectivity index (χ1v) is 8.00. The van der Waals surface area contributed by atoms with Crippen molar-refractivity contribution in [3.05, 3.63) is 41.9 Å². The Morgan fingerprint density at radius 3 is 2.81 bits per heavy atom. The lowest BCUT2D eigenvalue weighted by molar-refractivity contribution is 0.684. The Morgan fingerprint density at radius 1 is 1.31 bits per heavy atom. The molecule has 0 amide bonds. The quantitative estimate of drug-likeness (QED) is 0.782. The molecule has 0 unspecified atom stereocenters. The molecular weight excluding hydrogens is 258 g/mol. The van der Waals surface area contributed by atoms with E-state index >= 15 is 0 Å². The highest BCUT2D eigenvalue weighted by atomic mass is 32.2. The summed E-state index contributed by atoms with van der Waals surface area (Å²) in [5, 5.41) is 1.95. The summed E-state index contributed by atoms with van der Waals surface area (Å²) >= 11 is 3.29. The molecule has 0 spiro atoms. The van der Waals surface area contributed by atoms with Gasteiger partial charge in [0, 0.05) is 28.0 Å². The predicted octanol–water partition coefficient (Wildman–Crippen LogP) is 3.04. The summed E-state index contributed by atoms with van der Waals surface area (Å²) in [5.74, 6) is 1.52. The van der Waals surface area contributed by atoms with Gasteiger partial charge in [0.1, 0.15) is 4.34 Å². The summed E-state index contributed by atoms with van der Waals surface area (Å²) in [6.07, 6.45) is 1.79. The molecule has 1 atom stereocenters.